The number of pyridine rings is 1. The lowest BCUT2D eigenvalue weighted by molar-refractivity contribution is 0.389. The Bertz CT molecular complexity index is 2160. The molecule has 0 saturated carbocycles. The van der Waals surface area contributed by atoms with E-state index in [4.69, 9.17) is 14.8 Å². The number of nitrogens with zero attached hydrogens (tertiary/aromatic N) is 4. The Morgan fingerprint density at radius 2 is 1.65 bits per heavy atom. The molecule has 0 bridgehead atoms. The minimum atomic E-state index is 0.334. The van der Waals surface area contributed by atoms with Crippen LogP contribution in [-0.4, -0.2) is 19.3 Å². The Morgan fingerprint density at radius 1 is 0.854 bits per heavy atom. The van der Waals surface area contributed by atoms with Crippen molar-refractivity contribution in [2.45, 2.75) is 86.5 Å². The van der Waals surface area contributed by atoms with Gasteiger partial charge in [-0.15, -0.1) is 0 Å². The van der Waals surface area contributed by atoms with E-state index in [9.17, 15) is 0 Å². The Kier molecular flexibility index (Phi) is 8.49. The zero-order valence-corrected chi connectivity index (χ0v) is 29.7. The molecule has 0 amide bonds. The first-order chi connectivity index (χ1) is 23.2. The van der Waals surface area contributed by atoms with Crippen LogP contribution in [-0.2, 0) is 12.8 Å². The van der Waals surface area contributed by atoms with Gasteiger partial charge in [-0.2, -0.15) is 5.10 Å². The summed E-state index contributed by atoms with van der Waals surface area (Å²) in [6, 6.07) is 25.8. The Morgan fingerprint density at radius 3 is 2.38 bits per heavy atom. The monoisotopic (exact) mass is 636 g/mol. The van der Waals surface area contributed by atoms with Gasteiger partial charge in [0.25, 0.3) is 0 Å². The fourth-order valence-electron chi connectivity index (χ4n) is 8.15. The van der Waals surface area contributed by atoms with E-state index < -0.39 is 0 Å². The third-order valence-corrected chi connectivity index (χ3v) is 10.3. The predicted molar refractivity (Wildman–Crippen MR) is 199 cm³/mol. The first-order valence-electron chi connectivity index (χ1n) is 17.7. The second-order valence-electron chi connectivity index (χ2n) is 14.2. The van der Waals surface area contributed by atoms with Gasteiger partial charge in [0, 0.05) is 46.3 Å². The maximum Gasteiger partial charge on any atom is 0.137 e. The van der Waals surface area contributed by atoms with Crippen molar-refractivity contribution in [2.24, 2.45) is 11.8 Å². The molecule has 1 unspecified atom stereocenters. The Hall–Kier alpha value is -4.64. The second-order valence-corrected chi connectivity index (χ2v) is 14.2. The molecule has 0 fully saturated rings. The molecule has 6 aromatic rings. The number of aryl methyl sites for hydroxylation is 2. The average molecular weight is 637 g/mol. The largest absolute Gasteiger partial charge is 0.457 e. The van der Waals surface area contributed by atoms with Crippen LogP contribution in [0.1, 0.15) is 94.8 Å². The Labute approximate surface area is 285 Å². The quantitative estimate of drug-likeness (QED) is 0.156. The topological polar surface area (TPSA) is 44.9 Å². The normalized spacial score (nSPS) is 18.2. The number of fused-ring (bicyclic) bond motifs is 3. The lowest BCUT2D eigenvalue weighted by Gasteiger charge is -2.33. The van der Waals surface area contributed by atoms with Crippen molar-refractivity contribution in [3.63, 3.8) is 0 Å². The molecule has 7 rings (SSSR count). The number of hydrogen-bond acceptors (Lipinski definition) is 3. The highest BCUT2D eigenvalue weighted by Crippen LogP contribution is 2.44. The molecule has 3 aromatic carbocycles. The van der Waals surface area contributed by atoms with Crippen molar-refractivity contribution in [3.8, 4) is 23.0 Å². The van der Waals surface area contributed by atoms with Crippen LogP contribution >= 0.6 is 0 Å². The third-order valence-electron chi connectivity index (χ3n) is 10.3. The van der Waals surface area contributed by atoms with Crippen molar-refractivity contribution in [3.05, 3.63) is 119 Å². The van der Waals surface area contributed by atoms with Gasteiger partial charge in [0.2, 0.25) is 0 Å². The molecule has 0 saturated heterocycles. The van der Waals surface area contributed by atoms with E-state index in [0.717, 1.165) is 46.9 Å². The fraction of sp³-hybridized carbons (Fsp3) is 0.349. The average Bonchev–Trinajstić information content (AvgIpc) is 3.59. The fourth-order valence-corrected chi connectivity index (χ4v) is 8.15. The van der Waals surface area contributed by atoms with Gasteiger partial charge < -0.3 is 4.74 Å². The standard InChI is InChI=1S/C43H48N4O/c1-9-37-43(42-29(7)19-28(6)20-30(42)8)38(10-2)47(45-37)32-22-31(26(3)4)23-34(24-32)48-33-15-16-36-35-13-11-12-14-39(35)46(40(36)25-33)41-21-27(5)17-18-44-41/h11-19,21-26,28,30,42H,9-10,20H2,1-8H3/t28-,30-,42?/m0/s1. The summed E-state index contributed by atoms with van der Waals surface area (Å²) in [5, 5.41) is 7.70. The number of aromatic nitrogens is 4. The van der Waals surface area contributed by atoms with Crippen molar-refractivity contribution in [2.75, 3.05) is 0 Å². The lowest BCUT2D eigenvalue weighted by atomic mass is 9.72. The molecule has 0 N–H and O–H groups in total. The highest BCUT2D eigenvalue weighted by Gasteiger charge is 2.32. The molecule has 5 heteroatoms. The van der Waals surface area contributed by atoms with Gasteiger partial charge in [-0.1, -0.05) is 71.4 Å². The van der Waals surface area contributed by atoms with E-state index in [-0.39, 0.29) is 0 Å². The van der Waals surface area contributed by atoms with Gasteiger partial charge in [-0.3, -0.25) is 4.57 Å². The summed E-state index contributed by atoms with van der Waals surface area (Å²) < 4.78 is 11.2. The molecule has 3 heterocycles. The SMILES string of the molecule is CCc1nn(-c2cc(Oc3ccc4c5ccccc5n(-c5cc(C)ccn5)c4c3)cc(C(C)C)c2)c(CC)c1C1C(C)=C[C@H](C)C[C@@H]1C. The molecule has 1 aliphatic rings. The minimum absolute atomic E-state index is 0.334. The van der Waals surface area contributed by atoms with Crippen LogP contribution in [0.4, 0.5) is 0 Å². The maximum atomic E-state index is 6.77. The highest BCUT2D eigenvalue weighted by atomic mass is 16.5. The first kappa shape index (κ1) is 31.9. The predicted octanol–water partition coefficient (Wildman–Crippen LogP) is 11.4. The summed E-state index contributed by atoms with van der Waals surface area (Å²) in [5.41, 5.74) is 11.1. The van der Waals surface area contributed by atoms with E-state index in [1.54, 1.807) is 0 Å². The number of hydrogen-bond donors (Lipinski definition) is 0. The smallest absolute Gasteiger partial charge is 0.137 e. The van der Waals surface area contributed by atoms with E-state index in [1.165, 1.54) is 50.8 Å². The van der Waals surface area contributed by atoms with Crippen LogP contribution in [0.15, 0.2) is 90.6 Å². The summed E-state index contributed by atoms with van der Waals surface area (Å²) in [7, 11) is 0. The van der Waals surface area contributed by atoms with Gasteiger partial charge in [-0.05, 0) is 104 Å². The molecular formula is C43H48N4O. The number of ether oxygens (including phenoxy) is 1. The summed E-state index contributed by atoms with van der Waals surface area (Å²) in [4.78, 5) is 4.76. The zero-order valence-electron chi connectivity index (χ0n) is 29.7. The van der Waals surface area contributed by atoms with E-state index in [1.807, 2.05) is 12.3 Å². The van der Waals surface area contributed by atoms with Gasteiger partial charge in [0.15, 0.2) is 0 Å². The molecular weight excluding hydrogens is 589 g/mol. The molecule has 0 spiro atoms. The number of allylic oxidation sites excluding steroid dienone is 2. The molecule has 5 nitrogen and oxygen atoms in total. The van der Waals surface area contributed by atoms with E-state index in [0.29, 0.717) is 23.7 Å². The van der Waals surface area contributed by atoms with Crippen LogP contribution in [0.2, 0.25) is 0 Å². The van der Waals surface area contributed by atoms with Crippen LogP contribution < -0.4 is 4.74 Å². The van der Waals surface area contributed by atoms with Crippen molar-refractivity contribution >= 4 is 21.8 Å². The molecule has 0 radical (unpaired) electrons. The summed E-state index contributed by atoms with van der Waals surface area (Å²) in [6.07, 6.45) is 7.41. The summed E-state index contributed by atoms with van der Waals surface area (Å²) in [6.45, 7) is 18.2. The lowest BCUT2D eigenvalue weighted by Crippen LogP contribution is -2.21. The molecule has 3 atom stereocenters. The molecule has 0 aliphatic heterocycles. The summed E-state index contributed by atoms with van der Waals surface area (Å²) >= 11 is 0. The zero-order chi connectivity index (χ0) is 33.7. The van der Waals surface area contributed by atoms with Crippen LogP contribution in [0.25, 0.3) is 33.3 Å². The Balaban J connectivity index is 1.34. The molecule has 246 valence electrons. The first-order valence-corrected chi connectivity index (χ1v) is 17.7. The molecule has 1 aliphatic carbocycles. The second kappa shape index (κ2) is 12.8. The highest BCUT2D eigenvalue weighted by molar-refractivity contribution is 6.09. The summed E-state index contributed by atoms with van der Waals surface area (Å²) in [5.74, 6) is 4.47. The number of para-hydroxylation sites is 1. The maximum absolute atomic E-state index is 6.77. The number of benzene rings is 3. The van der Waals surface area contributed by atoms with Crippen molar-refractivity contribution in [1.29, 1.82) is 0 Å². The van der Waals surface area contributed by atoms with Gasteiger partial charge >= 0.3 is 0 Å². The van der Waals surface area contributed by atoms with E-state index >= 15 is 0 Å². The van der Waals surface area contributed by atoms with Crippen molar-refractivity contribution < 1.29 is 4.74 Å². The van der Waals surface area contributed by atoms with Crippen LogP contribution in [0.5, 0.6) is 11.5 Å². The van der Waals surface area contributed by atoms with Crippen molar-refractivity contribution in [1.82, 2.24) is 19.3 Å². The van der Waals surface area contributed by atoms with E-state index in [2.05, 4.69) is 137 Å². The number of rotatable bonds is 8. The third kappa shape index (κ3) is 5.63. The minimum Gasteiger partial charge on any atom is -0.457 e. The van der Waals surface area contributed by atoms with Gasteiger partial charge in [0.05, 0.1) is 22.4 Å². The van der Waals surface area contributed by atoms with Gasteiger partial charge in [0.1, 0.15) is 17.3 Å². The van der Waals surface area contributed by atoms with Gasteiger partial charge in [-0.25, -0.2) is 9.67 Å². The molecule has 48 heavy (non-hydrogen) atoms. The van der Waals surface area contributed by atoms with Crippen LogP contribution in [0, 0.1) is 18.8 Å². The van der Waals surface area contributed by atoms with Crippen LogP contribution in [0.3, 0.4) is 0 Å². The molecule has 3 aromatic heterocycles.